The molecule has 0 saturated carbocycles. The van der Waals surface area contributed by atoms with Gasteiger partial charge < -0.3 is 19.1 Å². The molecule has 0 unspecified atom stereocenters. The van der Waals surface area contributed by atoms with Crippen LogP contribution >= 0.6 is 0 Å². The second kappa shape index (κ2) is 7.93. The molecule has 0 aliphatic carbocycles. The van der Waals surface area contributed by atoms with Gasteiger partial charge in [-0.3, -0.25) is 4.79 Å². The number of aryl methyl sites for hydroxylation is 1. The van der Waals surface area contributed by atoms with Crippen molar-refractivity contribution in [3.63, 3.8) is 0 Å². The number of hydrogen-bond acceptors (Lipinski definition) is 4. The van der Waals surface area contributed by atoms with E-state index in [2.05, 4.69) is 14.8 Å². The number of ether oxygens (including phenoxy) is 1. The summed E-state index contributed by atoms with van der Waals surface area (Å²) in [5.41, 5.74) is 0.678. The van der Waals surface area contributed by atoms with Crippen molar-refractivity contribution in [2.75, 3.05) is 39.4 Å². The van der Waals surface area contributed by atoms with Gasteiger partial charge in [-0.15, -0.1) is 0 Å². The molecule has 0 radical (unpaired) electrons. The lowest BCUT2D eigenvalue weighted by molar-refractivity contribution is 0.0276. The van der Waals surface area contributed by atoms with Crippen LogP contribution < -0.4 is 0 Å². The maximum Gasteiger partial charge on any atom is 0.272 e. The fraction of sp³-hybridized carbons (Fsp3) is 0.765. The number of hydrogen-bond donors (Lipinski definition) is 0. The van der Waals surface area contributed by atoms with E-state index in [4.69, 9.17) is 4.74 Å². The molecular formula is C17H28N4O2. The average Bonchev–Trinajstić information content (AvgIpc) is 3.23. The van der Waals surface area contributed by atoms with Crippen molar-refractivity contribution >= 4 is 5.91 Å². The zero-order valence-electron chi connectivity index (χ0n) is 14.1. The molecule has 0 atom stereocenters. The Morgan fingerprint density at radius 2 is 2.09 bits per heavy atom. The Balaban J connectivity index is 1.63. The SMILES string of the molecule is Cn1cncc1C(=O)N(CCCN1CCCC1)C1CCOCC1. The third kappa shape index (κ3) is 4.12. The summed E-state index contributed by atoms with van der Waals surface area (Å²) in [7, 11) is 1.88. The topological polar surface area (TPSA) is 50.6 Å². The molecule has 1 aromatic rings. The summed E-state index contributed by atoms with van der Waals surface area (Å²) in [5.74, 6) is 0.110. The summed E-state index contributed by atoms with van der Waals surface area (Å²) >= 11 is 0. The molecule has 2 saturated heterocycles. The van der Waals surface area contributed by atoms with Crippen LogP contribution in [0.25, 0.3) is 0 Å². The Hall–Kier alpha value is -1.40. The van der Waals surface area contributed by atoms with Crippen LogP contribution in [-0.2, 0) is 11.8 Å². The van der Waals surface area contributed by atoms with Gasteiger partial charge in [-0.1, -0.05) is 0 Å². The predicted octanol–water partition coefficient (Wildman–Crippen LogP) is 1.53. The second-order valence-electron chi connectivity index (χ2n) is 6.63. The van der Waals surface area contributed by atoms with Crippen LogP contribution in [0, 0.1) is 0 Å². The van der Waals surface area contributed by atoms with Crippen molar-refractivity contribution in [3.05, 3.63) is 18.2 Å². The van der Waals surface area contributed by atoms with Crippen LogP contribution in [0.4, 0.5) is 0 Å². The highest BCUT2D eigenvalue weighted by Crippen LogP contribution is 2.18. The van der Waals surface area contributed by atoms with E-state index in [1.165, 1.54) is 25.9 Å². The highest BCUT2D eigenvalue weighted by molar-refractivity contribution is 5.92. The van der Waals surface area contributed by atoms with E-state index in [1.54, 1.807) is 12.5 Å². The molecular weight excluding hydrogens is 292 g/mol. The molecule has 3 rings (SSSR count). The molecule has 6 nitrogen and oxygen atoms in total. The van der Waals surface area contributed by atoms with Crippen molar-refractivity contribution in [1.82, 2.24) is 19.4 Å². The zero-order valence-corrected chi connectivity index (χ0v) is 14.1. The summed E-state index contributed by atoms with van der Waals surface area (Å²) in [5, 5.41) is 0. The summed E-state index contributed by atoms with van der Waals surface area (Å²) < 4.78 is 7.28. The number of imidazole rings is 1. The van der Waals surface area contributed by atoms with Gasteiger partial charge in [0.15, 0.2) is 0 Å². The lowest BCUT2D eigenvalue weighted by Gasteiger charge is -2.34. The Bertz CT molecular complexity index is 504. The summed E-state index contributed by atoms with van der Waals surface area (Å²) in [4.78, 5) is 21.6. The molecule has 2 aliphatic rings. The smallest absolute Gasteiger partial charge is 0.272 e. The monoisotopic (exact) mass is 320 g/mol. The van der Waals surface area contributed by atoms with Crippen LogP contribution in [0.3, 0.4) is 0 Å². The molecule has 6 heteroatoms. The maximum absolute atomic E-state index is 13.0. The molecule has 1 amide bonds. The minimum absolute atomic E-state index is 0.110. The van der Waals surface area contributed by atoms with Crippen LogP contribution in [0.5, 0.6) is 0 Å². The van der Waals surface area contributed by atoms with Gasteiger partial charge in [-0.2, -0.15) is 0 Å². The van der Waals surface area contributed by atoms with Crippen LogP contribution in [-0.4, -0.2) is 70.7 Å². The zero-order chi connectivity index (χ0) is 16.1. The van der Waals surface area contributed by atoms with E-state index in [1.807, 2.05) is 11.6 Å². The molecule has 2 aliphatic heterocycles. The van der Waals surface area contributed by atoms with E-state index in [0.717, 1.165) is 45.6 Å². The van der Waals surface area contributed by atoms with Crippen molar-refractivity contribution < 1.29 is 9.53 Å². The number of nitrogens with zero attached hydrogens (tertiary/aromatic N) is 4. The Kier molecular flexibility index (Phi) is 5.67. The van der Waals surface area contributed by atoms with Crippen molar-refractivity contribution in [2.24, 2.45) is 7.05 Å². The highest BCUT2D eigenvalue weighted by atomic mass is 16.5. The molecule has 2 fully saturated rings. The lowest BCUT2D eigenvalue weighted by Crippen LogP contribution is -2.45. The van der Waals surface area contributed by atoms with E-state index < -0.39 is 0 Å². The third-order valence-corrected chi connectivity index (χ3v) is 5.00. The maximum atomic E-state index is 13.0. The molecule has 1 aromatic heterocycles. The van der Waals surface area contributed by atoms with Gasteiger partial charge >= 0.3 is 0 Å². The van der Waals surface area contributed by atoms with E-state index >= 15 is 0 Å². The van der Waals surface area contributed by atoms with Crippen molar-refractivity contribution in [2.45, 2.75) is 38.1 Å². The van der Waals surface area contributed by atoms with Gasteiger partial charge in [0.2, 0.25) is 0 Å². The predicted molar refractivity (Wildman–Crippen MR) is 88.4 cm³/mol. The number of carbonyl (C=O) groups is 1. The van der Waals surface area contributed by atoms with E-state index in [0.29, 0.717) is 11.7 Å². The molecule has 3 heterocycles. The van der Waals surface area contributed by atoms with Crippen LogP contribution in [0.2, 0.25) is 0 Å². The molecule has 0 bridgehead atoms. The Morgan fingerprint density at radius 3 is 2.74 bits per heavy atom. The number of aromatic nitrogens is 2. The normalized spacial score (nSPS) is 20.0. The quantitative estimate of drug-likeness (QED) is 0.797. The molecule has 128 valence electrons. The largest absolute Gasteiger partial charge is 0.381 e. The number of carbonyl (C=O) groups excluding carboxylic acids is 1. The average molecular weight is 320 g/mol. The first-order valence-electron chi connectivity index (χ1n) is 8.83. The lowest BCUT2D eigenvalue weighted by atomic mass is 10.1. The van der Waals surface area contributed by atoms with Gasteiger partial charge in [0.1, 0.15) is 5.69 Å². The highest BCUT2D eigenvalue weighted by Gasteiger charge is 2.28. The Labute approximate surface area is 138 Å². The van der Waals surface area contributed by atoms with E-state index in [9.17, 15) is 4.79 Å². The van der Waals surface area contributed by atoms with Gasteiger partial charge in [0.05, 0.1) is 12.5 Å². The summed E-state index contributed by atoms with van der Waals surface area (Å²) in [6.45, 7) is 5.86. The first kappa shape index (κ1) is 16.5. The minimum Gasteiger partial charge on any atom is -0.381 e. The molecule has 23 heavy (non-hydrogen) atoms. The Morgan fingerprint density at radius 1 is 1.35 bits per heavy atom. The van der Waals surface area contributed by atoms with Gasteiger partial charge in [0.25, 0.3) is 5.91 Å². The number of amides is 1. The minimum atomic E-state index is 0.110. The number of rotatable bonds is 6. The fourth-order valence-electron chi connectivity index (χ4n) is 3.63. The first-order chi connectivity index (χ1) is 11.3. The molecule has 0 spiro atoms. The van der Waals surface area contributed by atoms with Crippen molar-refractivity contribution in [3.8, 4) is 0 Å². The fourth-order valence-corrected chi connectivity index (χ4v) is 3.63. The second-order valence-corrected chi connectivity index (χ2v) is 6.63. The van der Waals surface area contributed by atoms with Crippen LogP contribution in [0.15, 0.2) is 12.5 Å². The van der Waals surface area contributed by atoms with Gasteiger partial charge in [0, 0.05) is 32.8 Å². The van der Waals surface area contributed by atoms with Gasteiger partial charge in [-0.25, -0.2) is 4.98 Å². The molecule has 0 N–H and O–H groups in total. The first-order valence-corrected chi connectivity index (χ1v) is 8.83. The van der Waals surface area contributed by atoms with E-state index in [-0.39, 0.29) is 5.91 Å². The van der Waals surface area contributed by atoms with Crippen LogP contribution in [0.1, 0.15) is 42.6 Å². The standard InChI is InChI=1S/C17H28N4O2/c1-19-14-18-13-16(19)17(22)21(15-5-11-23-12-6-15)10-4-9-20-7-2-3-8-20/h13-15H,2-12H2,1H3. The van der Waals surface area contributed by atoms with Crippen molar-refractivity contribution in [1.29, 1.82) is 0 Å². The number of likely N-dealkylation sites (tertiary alicyclic amines) is 1. The third-order valence-electron chi connectivity index (χ3n) is 5.00. The summed E-state index contributed by atoms with van der Waals surface area (Å²) in [6.07, 6.45) is 8.92. The molecule has 0 aromatic carbocycles. The summed E-state index contributed by atoms with van der Waals surface area (Å²) in [6, 6.07) is 0.296. The van der Waals surface area contributed by atoms with Gasteiger partial charge in [-0.05, 0) is 51.7 Å².